The fourth-order valence-electron chi connectivity index (χ4n) is 0.543. The van der Waals surface area contributed by atoms with Crippen LogP contribution >= 0.6 is 0 Å². The van der Waals surface area contributed by atoms with E-state index in [4.69, 9.17) is 5.73 Å². The third kappa shape index (κ3) is 0.883. The molecule has 0 fully saturated rings. The van der Waals surface area contributed by atoms with Crippen LogP contribution in [0.5, 0.6) is 0 Å². The first-order valence-electron chi connectivity index (χ1n) is 2.54. The molecule has 0 radical (unpaired) electrons. The number of nitrogens with zero attached hydrogens (tertiary/aromatic N) is 1. The molecule has 0 aliphatic rings. The van der Waals surface area contributed by atoms with Crippen molar-refractivity contribution in [2.75, 3.05) is 5.73 Å². The van der Waals surface area contributed by atoms with E-state index in [0.29, 0.717) is 6.29 Å². The van der Waals surface area contributed by atoms with E-state index >= 15 is 0 Å². The van der Waals surface area contributed by atoms with E-state index in [1.807, 2.05) is 0 Å². The Kier molecular flexibility index (Phi) is 1.49. The highest BCUT2D eigenvalue weighted by molar-refractivity contribution is 5.81. The third-order valence-corrected chi connectivity index (χ3v) is 1.04. The lowest BCUT2D eigenvalue weighted by Crippen LogP contribution is -2.15. The van der Waals surface area contributed by atoms with Crippen LogP contribution in [0, 0.1) is 0 Å². The van der Waals surface area contributed by atoms with E-state index in [1.165, 1.54) is 6.20 Å². The molecule has 0 spiro atoms. The summed E-state index contributed by atoms with van der Waals surface area (Å²) >= 11 is 0. The van der Waals surface area contributed by atoms with Crippen molar-refractivity contribution in [1.29, 1.82) is 0 Å². The number of aromatic amines is 1. The topological polar surface area (TPSA) is 88.8 Å². The number of aromatic nitrogens is 2. The Bertz CT molecular complexity index is 304. The number of hydrogen-bond donors (Lipinski definition) is 2. The first-order valence-corrected chi connectivity index (χ1v) is 2.54. The Balaban J connectivity index is 3.45. The van der Waals surface area contributed by atoms with Crippen LogP contribution in [-0.4, -0.2) is 16.5 Å². The third-order valence-electron chi connectivity index (χ3n) is 1.04. The van der Waals surface area contributed by atoms with E-state index in [2.05, 4.69) is 10.2 Å². The molecule has 0 aliphatic carbocycles. The zero-order valence-electron chi connectivity index (χ0n) is 5.00. The van der Waals surface area contributed by atoms with Crippen LogP contribution in [0.3, 0.4) is 0 Å². The van der Waals surface area contributed by atoms with Gasteiger partial charge in [-0.15, -0.1) is 0 Å². The highest BCUT2D eigenvalue weighted by Gasteiger charge is 2.00. The van der Waals surface area contributed by atoms with Crippen molar-refractivity contribution in [3.05, 3.63) is 22.1 Å². The molecule has 52 valence electrons. The molecule has 1 aromatic rings. The molecule has 10 heavy (non-hydrogen) atoms. The molecule has 5 nitrogen and oxygen atoms in total. The van der Waals surface area contributed by atoms with Crippen molar-refractivity contribution in [3.8, 4) is 0 Å². The second-order valence-electron chi connectivity index (χ2n) is 1.69. The Hall–Kier alpha value is -1.65. The van der Waals surface area contributed by atoms with Crippen LogP contribution in [0.15, 0.2) is 11.0 Å². The lowest BCUT2D eigenvalue weighted by atomic mass is 10.3. The van der Waals surface area contributed by atoms with Gasteiger partial charge in [0.05, 0.1) is 11.9 Å². The molecule has 1 aromatic heterocycles. The average Bonchev–Trinajstić information content (AvgIpc) is 1.88. The van der Waals surface area contributed by atoms with Gasteiger partial charge in [0.1, 0.15) is 5.56 Å². The summed E-state index contributed by atoms with van der Waals surface area (Å²) in [6, 6.07) is 0. The lowest BCUT2D eigenvalue weighted by molar-refractivity contribution is 0.112. The Labute approximate surface area is 55.9 Å². The van der Waals surface area contributed by atoms with Gasteiger partial charge in [0.25, 0.3) is 5.56 Å². The van der Waals surface area contributed by atoms with Gasteiger partial charge in [0.15, 0.2) is 6.29 Å². The van der Waals surface area contributed by atoms with Gasteiger partial charge in [0.2, 0.25) is 0 Å². The minimum absolute atomic E-state index is 0.0741. The molecule has 3 N–H and O–H groups in total. The van der Waals surface area contributed by atoms with Gasteiger partial charge in [-0.2, -0.15) is 5.10 Å². The number of nitrogens with two attached hydrogens (primary N) is 1. The van der Waals surface area contributed by atoms with E-state index in [9.17, 15) is 9.59 Å². The number of rotatable bonds is 1. The molecule has 0 saturated heterocycles. The fraction of sp³-hybridized carbons (Fsp3) is 0. The highest BCUT2D eigenvalue weighted by Crippen LogP contribution is 1.96. The molecule has 5 heteroatoms. The van der Waals surface area contributed by atoms with Crippen LogP contribution in [0.1, 0.15) is 10.4 Å². The quantitative estimate of drug-likeness (QED) is 0.496. The van der Waals surface area contributed by atoms with E-state index in [0.717, 1.165) is 0 Å². The molecular weight excluding hydrogens is 134 g/mol. The van der Waals surface area contributed by atoms with Crippen LogP contribution in [0.2, 0.25) is 0 Å². The van der Waals surface area contributed by atoms with Crippen LogP contribution in [0.4, 0.5) is 5.69 Å². The van der Waals surface area contributed by atoms with Crippen molar-refractivity contribution in [3.63, 3.8) is 0 Å². The van der Waals surface area contributed by atoms with Gasteiger partial charge >= 0.3 is 0 Å². The minimum Gasteiger partial charge on any atom is -0.397 e. The number of carbonyl (C=O) groups excluding carboxylic acids is 1. The zero-order valence-corrected chi connectivity index (χ0v) is 5.00. The van der Waals surface area contributed by atoms with Gasteiger partial charge in [-0.05, 0) is 0 Å². The van der Waals surface area contributed by atoms with Gasteiger partial charge < -0.3 is 5.73 Å². The Morgan fingerprint density at radius 3 is 2.80 bits per heavy atom. The minimum atomic E-state index is -0.560. The number of nitrogens with one attached hydrogen (secondary N) is 1. The maximum absolute atomic E-state index is 10.6. The Morgan fingerprint density at radius 2 is 2.40 bits per heavy atom. The average molecular weight is 139 g/mol. The van der Waals surface area contributed by atoms with E-state index in [-0.39, 0.29) is 11.3 Å². The predicted octanol–water partition coefficient (Wildman–Crippen LogP) is -0.835. The normalized spacial score (nSPS) is 9.20. The number of aldehydes is 1. The van der Waals surface area contributed by atoms with Crippen LogP contribution < -0.4 is 11.3 Å². The highest BCUT2D eigenvalue weighted by atomic mass is 16.1. The molecule has 0 aliphatic heterocycles. The molecule has 1 rings (SSSR count). The van der Waals surface area contributed by atoms with Crippen molar-refractivity contribution in [2.24, 2.45) is 0 Å². The number of hydrogen-bond acceptors (Lipinski definition) is 4. The molecule has 0 amide bonds. The maximum atomic E-state index is 10.6. The smallest absolute Gasteiger partial charge is 0.276 e. The number of anilines is 1. The fourth-order valence-corrected chi connectivity index (χ4v) is 0.543. The van der Waals surface area contributed by atoms with Crippen LogP contribution in [-0.2, 0) is 0 Å². The summed E-state index contributed by atoms with van der Waals surface area (Å²) in [4.78, 5) is 20.8. The summed E-state index contributed by atoms with van der Waals surface area (Å²) in [6.45, 7) is 0. The van der Waals surface area contributed by atoms with E-state index in [1.54, 1.807) is 0 Å². The predicted molar refractivity (Wildman–Crippen MR) is 34.7 cm³/mol. The standard InChI is InChI=1S/C5H5N3O2/c6-4-1-7-8-5(10)3(4)2-9/h1-2H,(H3,6,8,10). The molecule has 0 aromatic carbocycles. The summed E-state index contributed by atoms with van der Waals surface area (Å²) < 4.78 is 0. The SMILES string of the molecule is Nc1cn[nH]c(=O)c1C=O. The monoisotopic (exact) mass is 139 g/mol. The summed E-state index contributed by atoms with van der Waals surface area (Å²) in [5.41, 5.74) is 4.68. The Morgan fingerprint density at radius 1 is 1.70 bits per heavy atom. The molecule has 0 saturated carbocycles. The summed E-state index contributed by atoms with van der Waals surface area (Å²) in [7, 11) is 0. The summed E-state index contributed by atoms with van der Waals surface area (Å²) in [5.74, 6) is 0. The number of carbonyl (C=O) groups is 1. The molecule has 1 heterocycles. The largest absolute Gasteiger partial charge is 0.397 e. The molecule has 0 bridgehead atoms. The van der Waals surface area contributed by atoms with Crippen LogP contribution in [0.25, 0.3) is 0 Å². The van der Waals surface area contributed by atoms with Gasteiger partial charge in [-0.1, -0.05) is 0 Å². The van der Waals surface area contributed by atoms with E-state index < -0.39 is 5.56 Å². The first-order chi connectivity index (χ1) is 4.75. The van der Waals surface area contributed by atoms with Crippen molar-refractivity contribution < 1.29 is 4.79 Å². The summed E-state index contributed by atoms with van der Waals surface area (Å²) in [6.07, 6.45) is 1.61. The lowest BCUT2D eigenvalue weighted by Gasteiger charge is -1.91. The molecule has 0 atom stereocenters. The summed E-state index contributed by atoms with van der Waals surface area (Å²) in [5, 5.41) is 5.45. The number of nitrogen functional groups attached to an aromatic ring is 1. The van der Waals surface area contributed by atoms with Gasteiger partial charge in [-0.3, -0.25) is 9.59 Å². The van der Waals surface area contributed by atoms with Gasteiger partial charge in [0, 0.05) is 0 Å². The zero-order chi connectivity index (χ0) is 7.56. The second-order valence-corrected chi connectivity index (χ2v) is 1.69. The first kappa shape index (κ1) is 6.47. The maximum Gasteiger partial charge on any atom is 0.276 e. The molecule has 0 unspecified atom stereocenters. The molecular formula is C5H5N3O2. The van der Waals surface area contributed by atoms with Crippen molar-refractivity contribution >= 4 is 12.0 Å². The van der Waals surface area contributed by atoms with Crippen molar-refractivity contribution in [2.45, 2.75) is 0 Å². The van der Waals surface area contributed by atoms with Gasteiger partial charge in [-0.25, -0.2) is 5.10 Å². The second kappa shape index (κ2) is 2.30. The number of H-pyrrole nitrogens is 1. The van der Waals surface area contributed by atoms with Crippen molar-refractivity contribution in [1.82, 2.24) is 10.2 Å².